The van der Waals surface area contributed by atoms with Crippen LogP contribution >= 0.6 is 0 Å². The highest BCUT2D eigenvalue weighted by Crippen LogP contribution is 2.17. The minimum Gasteiger partial charge on any atom is -0.491 e. The van der Waals surface area contributed by atoms with Gasteiger partial charge in [0, 0.05) is 18.7 Å². The molecule has 0 unspecified atom stereocenters. The number of nitrogens with zero attached hydrogens (tertiary/aromatic N) is 2. The van der Waals surface area contributed by atoms with Gasteiger partial charge in [0.05, 0.1) is 4.92 Å². The molecule has 0 amide bonds. The second kappa shape index (κ2) is 9.31. The van der Waals surface area contributed by atoms with E-state index in [0.717, 1.165) is 25.9 Å². The lowest BCUT2D eigenvalue weighted by atomic mass is 10.3. The highest BCUT2D eigenvalue weighted by molar-refractivity contribution is 5.35. The van der Waals surface area contributed by atoms with Crippen LogP contribution in [0.15, 0.2) is 24.3 Å². The van der Waals surface area contributed by atoms with Crippen LogP contribution < -0.4 is 4.74 Å². The quantitative estimate of drug-likeness (QED) is 0.530. The number of nitro benzene ring substituents is 1. The maximum absolute atomic E-state index is 10.5. The minimum absolute atomic E-state index is 0.0277. The molecule has 0 aliphatic heterocycles. The maximum atomic E-state index is 10.5. The monoisotopic (exact) mass is 296 g/mol. The molecule has 0 spiro atoms. The molecule has 1 N–H and O–H groups in total. The fraction of sp³-hybridized carbons (Fsp3) is 0.600. The zero-order valence-electron chi connectivity index (χ0n) is 12.7. The molecule has 0 aliphatic rings. The first-order valence-electron chi connectivity index (χ1n) is 7.34. The molecule has 1 aromatic rings. The molecule has 0 aromatic heterocycles. The normalized spacial score (nSPS) is 12.4. The van der Waals surface area contributed by atoms with Crippen molar-refractivity contribution in [2.75, 3.05) is 26.2 Å². The summed E-state index contributed by atoms with van der Waals surface area (Å²) in [4.78, 5) is 12.3. The van der Waals surface area contributed by atoms with Gasteiger partial charge in [-0.25, -0.2) is 0 Å². The summed E-state index contributed by atoms with van der Waals surface area (Å²) >= 11 is 0. The second-order valence-corrected chi connectivity index (χ2v) is 5.02. The van der Waals surface area contributed by atoms with Crippen molar-refractivity contribution in [1.82, 2.24) is 4.90 Å². The van der Waals surface area contributed by atoms with Crippen LogP contribution in [0.25, 0.3) is 0 Å². The van der Waals surface area contributed by atoms with Gasteiger partial charge in [0.2, 0.25) is 0 Å². The maximum Gasteiger partial charge on any atom is 0.269 e. The van der Waals surface area contributed by atoms with Crippen LogP contribution in [0.2, 0.25) is 0 Å². The smallest absolute Gasteiger partial charge is 0.269 e. The van der Waals surface area contributed by atoms with Crippen molar-refractivity contribution in [2.45, 2.75) is 32.8 Å². The largest absolute Gasteiger partial charge is 0.491 e. The summed E-state index contributed by atoms with van der Waals surface area (Å²) in [6.07, 6.45) is 1.53. The molecule has 118 valence electrons. The molecule has 1 atom stereocenters. The predicted molar refractivity (Wildman–Crippen MR) is 81.6 cm³/mol. The molecule has 6 nitrogen and oxygen atoms in total. The molecular weight excluding hydrogens is 272 g/mol. The second-order valence-electron chi connectivity index (χ2n) is 5.02. The van der Waals surface area contributed by atoms with Gasteiger partial charge in [-0.3, -0.25) is 10.1 Å². The SMILES string of the molecule is CCCN(CCC)C[C@H](O)COc1ccc([N+](=O)[O-])cc1. The van der Waals surface area contributed by atoms with Gasteiger partial charge in [-0.15, -0.1) is 0 Å². The van der Waals surface area contributed by atoms with Crippen molar-refractivity contribution in [2.24, 2.45) is 0 Å². The Morgan fingerprint density at radius 3 is 2.29 bits per heavy atom. The van der Waals surface area contributed by atoms with Crippen LogP contribution in [-0.2, 0) is 0 Å². The Balaban J connectivity index is 2.40. The summed E-state index contributed by atoms with van der Waals surface area (Å²) in [6.45, 7) is 6.91. The first-order valence-corrected chi connectivity index (χ1v) is 7.34. The highest BCUT2D eigenvalue weighted by Gasteiger charge is 2.12. The van der Waals surface area contributed by atoms with E-state index in [9.17, 15) is 15.2 Å². The third kappa shape index (κ3) is 6.55. The van der Waals surface area contributed by atoms with Crippen LogP contribution in [0.4, 0.5) is 5.69 Å². The zero-order valence-corrected chi connectivity index (χ0v) is 12.7. The Morgan fingerprint density at radius 1 is 1.24 bits per heavy atom. The lowest BCUT2D eigenvalue weighted by molar-refractivity contribution is -0.384. The highest BCUT2D eigenvalue weighted by atomic mass is 16.6. The van der Waals surface area contributed by atoms with Gasteiger partial charge in [0.1, 0.15) is 18.5 Å². The van der Waals surface area contributed by atoms with E-state index in [4.69, 9.17) is 4.74 Å². The van der Waals surface area contributed by atoms with Crippen molar-refractivity contribution in [3.8, 4) is 5.75 Å². The van der Waals surface area contributed by atoms with E-state index in [1.807, 2.05) is 0 Å². The number of rotatable bonds is 10. The van der Waals surface area contributed by atoms with Crippen molar-refractivity contribution in [3.63, 3.8) is 0 Å². The van der Waals surface area contributed by atoms with Gasteiger partial charge in [-0.05, 0) is 38.1 Å². The van der Waals surface area contributed by atoms with E-state index in [0.29, 0.717) is 12.3 Å². The third-order valence-corrected chi connectivity index (χ3v) is 3.04. The lowest BCUT2D eigenvalue weighted by Crippen LogP contribution is -2.36. The van der Waals surface area contributed by atoms with E-state index in [-0.39, 0.29) is 12.3 Å². The fourth-order valence-corrected chi connectivity index (χ4v) is 2.13. The molecule has 1 aromatic carbocycles. The Kier molecular flexibility index (Phi) is 7.71. The van der Waals surface area contributed by atoms with Crippen LogP contribution in [0.5, 0.6) is 5.75 Å². The number of ether oxygens (including phenoxy) is 1. The number of aliphatic hydroxyl groups is 1. The van der Waals surface area contributed by atoms with Crippen LogP contribution in [0, 0.1) is 10.1 Å². The van der Waals surface area contributed by atoms with Gasteiger partial charge in [0.15, 0.2) is 0 Å². The van der Waals surface area contributed by atoms with Crippen LogP contribution in [0.3, 0.4) is 0 Å². The number of hydrogen-bond donors (Lipinski definition) is 1. The summed E-state index contributed by atoms with van der Waals surface area (Å²) in [5, 5.41) is 20.5. The van der Waals surface area contributed by atoms with Crippen LogP contribution in [0.1, 0.15) is 26.7 Å². The predicted octanol–water partition coefficient (Wildman–Crippen LogP) is 2.46. The summed E-state index contributed by atoms with van der Waals surface area (Å²) in [5.41, 5.74) is 0.0277. The van der Waals surface area contributed by atoms with Crippen molar-refractivity contribution in [1.29, 1.82) is 0 Å². The molecule has 6 heteroatoms. The van der Waals surface area contributed by atoms with Gasteiger partial charge in [-0.1, -0.05) is 13.8 Å². The summed E-state index contributed by atoms with van der Waals surface area (Å²) in [5.74, 6) is 0.525. The summed E-state index contributed by atoms with van der Waals surface area (Å²) < 4.78 is 5.46. The van der Waals surface area contributed by atoms with Gasteiger partial charge in [-0.2, -0.15) is 0 Å². The number of non-ortho nitro benzene ring substituents is 1. The van der Waals surface area contributed by atoms with E-state index in [2.05, 4.69) is 18.7 Å². The van der Waals surface area contributed by atoms with Crippen molar-refractivity contribution >= 4 is 5.69 Å². The topological polar surface area (TPSA) is 75.8 Å². The Hall–Kier alpha value is -1.66. The lowest BCUT2D eigenvalue weighted by Gasteiger charge is -2.24. The molecule has 0 saturated heterocycles. The van der Waals surface area contributed by atoms with E-state index in [1.54, 1.807) is 12.1 Å². The number of nitro groups is 1. The molecule has 0 radical (unpaired) electrons. The molecular formula is C15H24N2O4. The van der Waals surface area contributed by atoms with Gasteiger partial charge >= 0.3 is 0 Å². The van der Waals surface area contributed by atoms with Crippen molar-refractivity contribution < 1.29 is 14.8 Å². The summed E-state index contributed by atoms with van der Waals surface area (Å²) in [7, 11) is 0. The molecule has 21 heavy (non-hydrogen) atoms. The Labute approximate surface area is 125 Å². The molecule has 1 rings (SSSR count). The minimum atomic E-state index is -0.571. The molecule has 0 aliphatic carbocycles. The molecule has 0 heterocycles. The average molecular weight is 296 g/mol. The Bertz CT molecular complexity index is 416. The number of benzene rings is 1. The zero-order chi connectivity index (χ0) is 15.7. The van der Waals surface area contributed by atoms with E-state index in [1.165, 1.54) is 12.1 Å². The van der Waals surface area contributed by atoms with E-state index >= 15 is 0 Å². The standard InChI is InChI=1S/C15H24N2O4/c1-3-9-16(10-4-2)11-14(18)12-21-15-7-5-13(6-8-15)17(19)20/h5-8,14,18H,3-4,9-12H2,1-2H3/t14-/m0/s1. The summed E-state index contributed by atoms with van der Waals surface area (Å²) in [6, 6.07) is 5.87. The van der Waals surface area contributed by atoms with Gasteiger partial charge < -0.3 is 14.7 Å². The van der Waals surface area contributed by atoms with Gasteiger partial charge in [0.25, 0.3) is 5.69 Å². The van der Waals surface area contributed by atoms with Crippen LogP contribution in [-0.4, -0.2) is 47.3 Å². The third-order valence-electron chi connectivity index (χ3n) is 3.04. The molecule has 0 fully saturated rings. The fourth-order valence-electron chi connectivity index (χ4n) is 2.13. The Morgan fingerprint density at radius 2 is 1.81 bits per heavy atom. The van der Waals surface area contributed by atoms with Crippen molar-refractivity contribution in [3.05, 3.63) is 34.4 Å². The number of aliphatic hydroxyl groups excluding tert-OH is 1. The molecule has 0 bridgehead atoms. The molecule has 0 saturated carbocycles. The first kappa shape index (κ1) is 17.4. The first-order chi connectivity index (χ1) is 10.1. The number of hydrogen-bond acceptors (Lipinski definition) is 5. The van der Waals surface area contributed by atoms with E-state index < -0.39 is 11.0 Å². The average Bonchev–Trinajstić information content (AvgIpc) is 2.46.